The maximum atomic E-state index is 11.7. The number of carbonyl (C=O) groups is 2. The van der Waals surface area contributed by atoms with Crippen molar-refractivity contribution >= 4 is 11.6 Å². The molecule has 4 aromatic rings. The van der Waals surface area contributed by atoms with Crippen LogP contribution < -0.4 is 0 Å². The van der Waals surface area contributed by atoms with Crippen LogP contribution in [0.2, 0.25) is 0 Å². The predicted octanol–water partition coefficient (Wildman–Crippen LogP) is 5.46. The van der Waals surface area contributed by atoms with E-state index in [9.17, 15) is 9.59 Å². The summed E-state index contributed by atoms with van der Waals surface area (Å²) in [5.41, 5.74) is 3.37. The van der Waals surface area contributed by atoms with Gasteiger partial charge in [-0.3, -0.25) is 0 Å². The number of rotatable bonds is 5. The Bertz CT molecular complexity index is 954. The van der Waals surface area contributed by atoms with Gasteiger partial charge in [0.05, 0.1) is 0 Å². The van der Waals surface area contributed by atoms with Crippen molar-refractivity contribution < 1.29 is 26.7 Å². The molecule has 0 atom stereocenters. The third-order valence-electron chi connectivity index (χ3n) is 4.15. The molecule has 0 aliphatic rings. The zero-order valence-electron chi connectivity index (χ0n) is 15.3. The molecule has 0 aromatic heterocycles. The summed E-state index contributed by atoms with van der Waals surface area (Å²) in [6.07, 6.45) is 0.491. The van der Waals surface area contributed by atoms with Crippen LogP contribution in [0.3, 0.4) is 0 Å². The van der Waals surface area contributed by atoms with E-state index < -0.39 is 0 Å². The monoisotopic (exact) mass is 408 g/mol. The molecule has 0 radical (unpaired) electrons. The first kappa shape index (κ1) is 21.3. The van der Waals surface area contributed by atoms with Crippen LogP contribution in [0.25, 0.3) is 0 Å². The van der Waals surface area contributed by atoms with Crippen LogP contribution in [0.5, 0.6) is 0 Å². The Hall–Kier alpha value is -3.00. The normalized spacial score (nSPS) is 9.57. The number of hydrogen-bond acceptors (Lipinski definition) is 2. The van der Waals surface area contributed by atoms with Crippen LogP contribution in [0.15, 0.2) is 109 Å². The second-order valence-corrected chi connectivity index (χ2v) is 6.13. The minimum Gasteiger partial charge on any atom is -0.644 e. The second-order valence-electron chi connectivity index (χ2n) is 6.13. The van der Waals surface area contributed by atoms with E-state index in [0.717, 1.165) is 22.3 Å². The summed E-state index contributed by atoms with van der Waals surface area (Å²) >= 11 is 0. The number of Topliss-reactive ketones (excluding diaryl/α,β-unsaturated/α-hetero) is 1. The first-order valence-electron chi connectivity index (χ1n) is 8.84. The van der Waals surface area contributed by atoms with Gasteiger partial charge in [-0.1, -0.05) is 54.1 Å². The molecule has 146 valence electrons. The summed E-state index contributed by atoms with van der Waals surface area (Å²) in [6.45, 7) is 0. The van der Waals surface area contributed by atoms with Gasteiger partial charge in [0.15, 0.2) is 0 Å². The van der Waals surface area contributed by atoms with Gasteiger partial charge in [0.25, 0.3) is 0 Å². The molecule has 0 unspecified atom stereocenters. The number of benzene rings is 2. The Labute approximate surface area is 176 Å². The molecule has 0 aliphatic heterocycles. The van der Waals surface area contributed by atoms with E-state index >= 15 is 0 Å². The fraction of sp³-hybridized carbons (Fsp3) is 0.0400. The quantitative estimate of drug-likeness (QED) is 0.250. The van der Waals surface area contributed by atoms with Gasteiger partial charge in [-0.25, -0.2) is 12.1 Å². The van der Waals surface area contributed by atoms with Crippen molar-refractivity contribution in [1.82, 2.24) is 0 Å². The molecular formula is C25H20FeO2-6. The van der Waals surface area contributed by atoms with Crippen molar-refractivity contribution in [2.24, 2.45) is 0 Å². The Kier molecular flexibility index (Phi) is 8.35. The summed E-state index contributed by atoms with van der Waals surface area (Å²) in [6, 6.07) is 34.0. The van der Waals surface area contributed by atoms with E-state index in [-0.39, 0.29) is 28.6 Å². The molecule has 0 N–H and O–H groups in total. The summed E-state index contributed by atoms with van der Waals surface area (Å²) < 4.78 is 0. The van der Waals surface area contributed by atoms with Crippen LogP contribution in [-0.2, 0) is 23.5 Å². The Balaban J connectivity index is 0.000000194. The van der Waals surface area contributed by atoms with Gasteiger partial charge >= 0.3 is 0 Å². The van der Waals surface area contributed by atoms with Crippen molar-refractivity contribution in [3.8, 4) is 0 Å². The standard InChI is InChI=1S/C13H11O.C12H9O.Fe/c14-13(12-8-4-5-9-12)10-11-6-2-1-3-7-11;13-12(11-8-4-5-9-11)10-6-2-1-3-7-10;/h1-9H,10H2;1-9H;/q-1;-5;. The molecule has 0 bridgehead atoms. The SMILES string of the molecule is O=C(Cc1ccccc1)[c-]1cccc1.O=C(c1ccccc1)[c-]1[cH-][cH-][cH-][cH-]1.[Fe]. The third kappa shape index (κ3) is 6.02. The van der Waals surface area contributed by atoms with Gasteiger partial charge in [-0.05, 0) is 5.56 Å². The zero-order valence-corrected chi connectivity index (χ0v) is 16.4. The summed E-state index contributed by atoms with van der Waals surface area (Å²) in [4.78, 5) is 23.4. The van der Waals surface area contributed by atoms with E-state index in [2.05, 4.69) is 0 Å². The molecule has 0 fully saturated rings. The van der Waals surface area contributed by atoms with Gasteiger partial charge in [0.1, 0.15) is 5.78 Å². The van der Waals surface area contributed by atoms with Gasteiger partial charge in [-0.2, -0.15) is 24.3 Å². The van der Waals surface area contributed by atoms with Crippen molar-refractivity contribution in [3.63, 3.8) is 0 Å². The van der Waals surface area contributed by atoms with E-state index in [0.29, 0.717) is 6.42 Å². The predicted molar refractivity (Wildman–Crippen MR) is 108 cm³/mol. The Morgan fingerprint density at radius 2 is 1.29 bits per heavy atom. The molecule has 0 amide bonds. The van der Waals surface area contributed by atoms with Gasteiger partial charge in [0, 0.05) is 23.5 Å². The molecule has 0 saturated carbocycles. The van der Waals surface area contributed by atoms with Crippen molar-refractivity contribution in [2.45, 2.75) is 6.42 Å². The maximum Gasteiger partial charge on any atom is 0.113 e. The van der Waals surface area contributed by atoms with E-state index in [1.54, 1.807) is 0 Å². The van der Waals surface area contributed by atoms with Crippen molar-refractivity contribution in [2.75, 3.05) is 0 Å². The smallest absolute Gasteiger partial charge is 0.113 e. The van der Waals surface area contributed by atoms with Gasteiger partial charge < -0.3 is 50.8 Å². The van der Waals surface area contributed by atoms with E-state index in [1.807, 2.05) is 109 Å². The average Bonchev–Trinajstić information content (AvgIpc) is 3.43. The molecule has 4 rings (SSSR count). The van der Waals surface area contributed by atoms with E-state index in [1.165, 1.54) is 0 Å². The number of hydrogen-bond donors (Lipinski definition) is 0. The molecule has 3 heteroatoms. The first-order valence-corrected chi connectivity index (χ1v) is 8.84. The fourth-order valence-electron chi connectivity index (χ4n) is 2.72. The van der Waals surface area contributed by atoms with Gasteiger partial charge in [0.2, 0.25) is 0 Å². The van der Waals surface area contributed by atoms with Crippen molar-refractivity contribution in [1.29, 1.82) is 0 Å². The first-order chi connectivity index (χ1) is 13.2. The molecule has 28 heavy (non-hydrogen) atoms. The van der Waals surface area contributed by atoms with Crippen LogP contribution in [-0.4, -0.2) is 11.6 Å². The topological polar surface area (TPSA) is 34.1 Å². The maximum absolute atomic E-state index is 11.7. The van der Waals surface area contributed by atoms with Crippen LogP contribution in [0.1, 0.15) is 31.8 Å². The molecular weight excluding hydrogens is 388 g/mol. The third-order valence-corrected chi connectivity index (χ3v) is 4.15. The molecule has 0 heterocycles. The zero-order chi connectivity index (χ0) is 18.9. The average molecular weight is 408 g/mol. The van der Waals surface area contributed by atoms with Gasteiger partial charge in [-0.15, -0.1) is 0 Å². The molecule has 0 aliphatic carbocycles. The molecule has 2 nitrogen and oxygen atoms in total. The van der Waals surface area contributed by atoms with Crippen LogP contribution in [0.4, 0.5) is 0 Å². The van der Waals surface area contributed by atoms with Crippen LogP contribution >= 0.6 is 0 Å². The molecule has 0 saturated heterocycles. The Morgan fingerprint density at radius 1 is 0.750 bits per heavy atom. The fourth-order valence-corrected chi connectivity index (χ4v) is 2.72. The van der Waals surface area contributed by atoms with E-state index in [4.69, 9.17) is 0 Å². The summed E-state index contributed by atoms with van der Waals surface area (Å²) in [5, 5.41) is 0. The van der Waals surface area contributed by atoms with Crippen molar-refractivity contribution in [3.05, 3.63) is 131 Å². The summed E-state index contributed by atoms with van der Waals surface area (Å²) in [5.74, 6) is 0.270. The number of carbonyl (C=O) groups excluding carboxylic acids is 2. The van der Waals surface area contributed by atoms with Crippen LogP contribution in [0, 0.1) is 0 Å². The molecule has 0 spiro atoms. The largest absolute Gasteiger partial charge is 0.644 e. The summed E-state index contributed by atoms with van der Waals surface area (Å²) in [7, 11) is 0. The minimum atomic E-state index is 0. The second kappa shape index (κ2) is 11.0. The molecule has 4 aromatic carbocycles. The minimum absolute atomic E-state index is 0. The number of ketones is 2. The Morgan fingerprint density at radius 3 is 1.86 bits per heavy atom.